The predicted molar refractivity (Wildman–Crippen MR) is 114 cm³/mol. The molecule has 2 aromatic heterocycles. The van der Waals surface area contributed by atoms with Gasteiger partial charge in [0.25, 0.3) is 0 Å². The average Bonchev–Trinajstić information content (AvgIpc) is 3.45. The topological polar surface area (TPSA) is 62.3 Å². The Morgan fingerprint density at radius 3 is 2.86 bits per heavy atom. The van der Waals surface area contributed by atoms with Gasteiger partial charge in [-0.2, -0.15) is 5.26 Å². The first-order valence-electron chi connectivity index (χ1n) is 10.0. The van der Waals surface area contributed by atoms with E-state index >= 15 is 0 Å². The molecule has 4 rings (SSSR count). The zero-order chi connectivity index (χ0) is 20.2. The molecule has 150 valence electrons. The number of hydrogen-bond donors (Lipinski definition) is 0. The van der Waals surface area contributed by atoms with E-state index in [4.69, 9.17) is 19.4 Å². The SMILES string of the molecule is Cc1oc(-c2ccc(OCc3ccsc3C#N)cc2)nc1CCN1CCC[C@H]1C. The van der Waals surface area contributed by atoms with E-state index in [9.17, 15) is 0 Å². The first-order chi connectivity index (χ1) is 14.1. The van der Waals surface area contributed by atoms with Crippen molar-refractivity contribution in [2.75, 3.05) is 13.1 Å². The van der Waals surface area contributed by atoms with Gasteiger partial charge in [-0.3, -0.25) is 0 Å². The van der Waals surface area contributed by atoms with Crippen LogP contribution in [0.4, 0.5) is 0 Å². The Kier molecular flexibility index (Phi) is 5.98. The Morgan fingerprint density at radius 2 is 2.14 bits per heavy atom. The van der Waals surface area contributed by atoms with E-state index in [2.05, 4.69) is 17.9 Å². The summed E-state index contributed by atoms with van der Waals surface area (Å²) in [6, 6.07) is 12.6. The number of aromatic nitrogens is 1. The van der Waals surface area contributed by atoms with Crippen molar-refractivity contribution in [2.24, 2.45) is 0 Å². The summed E-state index contributed by atoms with van der Waals surface area (Å²) in [5.41, 5.74) is 2.90. The van der Waals surface area contributed by atoms with Crippen LogP contribution in [0.25, 0.3) is 11.5 Å². The van der Waals surface area contributed by atoms with E-state index in [-0.39, 0.29) is 0 Å². The number of likely N-dealkylation sites (tertiary alicyclic amines) is 1. The molecule has 5 nitrogen and oxygen atoms in total. The van der Waals surface area contributed by atoms with E-state index in [1.54, 1.807) is 0 Å². The standard InChI is InChI=1S/C23H25N3O2S/c1-16-4-3-11-26(16)12-9-21-17(2)28-23(25-21)18-5-7-20(8-6-18)27-15-19-10-13-29-22(19)14-24/h5-8,10,13,16H,3-4,9,11-12,15H2,1-2H3/t16-/m1/s1. The average molecular weight is 408 g/mol. The maximum absolute atomic E-state index is 9.09. The highest BCUT2D eigenvalue weighted by atomic mass is 32.1. The van der Waals surface area contributed by atoms with E-state index in [1.165, 1.54) is 30.7 Å². The fourth-order valence-electron chi connectivity index (χ4n) is 3.76. The summed E-state index contributed by atoms with van der Waals surface area (Å²) in [6.07, 6.45) is 3.51. The summed E-state index contributed by atoms with van der Waals surface area (Å²) >= 11 is 1.44. The lowest BCUT2D eigenvalue weighted by molar-refractivity contribution is 0.271. The van der Waals surface area contributed by atoms with Gasteiger partial charge in [-0.15, -0.1) is 11.3 Å². The molecule has 1 aromatic carbocycles. The van der Waals surface area contributed by atoms with Crippen LogP contribution in [0.15, 0.2) is 40.1 Å². The molecule has 6 heteroatoms. The molecule has 3 aromatic rings. The molecule has 0 aliphatic carbocycles. The molecule has 0 unspecified atom stereocenters. The molecule has 1 atom stereocenters. The molecule has 0 amide bonds. The van der Waals surface area contributed by atoms with Crippen molar-refractivity contribution in [2.45, 2.75) is 45.8 Å². The molecule has 0 saturated carbocycles. The highest BCUT2D eigenvalue weighted by molar-refractivity contribution is 7.10. The Morgan fingerprint density at radius 1 is 1.31 bits per heavy atom. The number of thiophene rings is 1. The lowest BCUT2D eigenvalue weighted by atomic mass is 10.2. The van der Waals surface area contributed by atoms with Crippen molar-refractivity contribution in [3.05, 3.63) is 57.6 Å². The second-order valence-corrected chi connectivity index (χ2v) is 8.42. The third kappa shape index (κ3) is 4.52. The molecule has 1 aliphatic heterocycles. The second kappa shape index (κ2) is 8.81. The van der Waals surface area contributed by atoms with Crippen LogP contribution >= 0.6 is 11.3 Å². The molecule has 1 aliphatic rings. The van der Waals surface area contributed by atoms with E-state index in [0.29, 0.717) is 23.4 Å². The van der Waals surface area contributed by atoms with Gasteiger partial charge in [-0.1, -0.05) is 0 Å². The maximum atomic E-state index is 9.09. The highest BCUT2D eigenvalue weighted by Crippen LogP contribution is 2.26. The maximum Gasteiger partial charge on any atom is 0.226 e. The zero-order valence-corrected chi connectivity index (χ0v) is 17.7. The molecule has 0 bridgehead atoms. The Hall–Kier alpha value is -2.62. The summed E-state index contributed by atoms with van der Waals surface area (Å²) in [7, 11) is 0. The van der Waals surface area contributed by atoms with Crippen molar-refractivity contribution in [3.63, 3.8) is 0 Å². The van der Waals surface area contributed by atoms with Crippen LogP contribution in [-0.2, 0) is 13.0 Å². The van der Waals surface area contributed by atoms with Gasteiger partial charge in [0.15, 0.2) is 0 Å². The summed E-state index contributed by atoms with van der Waals surface area (Å²) < 4.78 is 11.7. The minimum atomic E-state index is 0.392. The van der Waals surface area contributed by atoms with Crippen molar-refractivity contribution >= 4 is 11.3 Å². The number of ether oxygens (including phenoxy) is 1. The zero-order valence-electron chi connectivity index (χ0n) is 16.9. The second-order valence-electron chi connectivity index (χ2n) is 7.50. The Labute approximate surface area is 175 Å². The Balaban J connectivity index is 1.38. The van der Waals surface area contributed by atoms with Crippen LogP contribution in [-0.4, -0.2) is 29.0 Å². The first kappa shape index (κ1) is 19.7. The lowest BCUT2D eigenvalue weighted by Crippen LogP contribution is -2.29. The van der Waals surface area contributed by atoms with E-state index in [1.807, 2.05) is 42.6 Å². The fraction of sp³-hybridized carbons (Fsp3) is 0.391. The van der Waals surface area contributed by atoms with E-state index < -0.39 is 0 Å². The van der Waals surface area contributed by atoms with Crippen LogP contribution in [0.5, 0.6) is 5.75 Å². The molecular formula is C23H25N3O2S. The van der Waals surface area contributed by atoms with Gasteiger partial charge < -0.3 is 14.1 Å². The minimum Gasteiger partial charge on any atom is -0.489 e. The largest absolute Gasteiger partial charge is 0.489 e. The summed E-state index contributed by atoms with van der Waals surface area (Å²) in [5.74, 6) is 2.31. The summed E-state index contributed by atoms with van der Waals surface area (Å²) in [6.45, 7) is 6.91. The molecule has 1 saturated heterocycles. The van der Waals surface area contributed by atoms with Crippen molar-refractivity contribution in [1.82, 2.24) is 9.88 Å². The molecule has 1 fully saturated rings. The fourth-order valence-corrected chi connectivity index (χ4v) is 4.46. The van der Waals surface area contributed by atoms with Crippen LogP contribution in [0.2, 0.25) is 0 Å². The van der Waals surface area contributed by atoms with Gasteiger partial charge in [-0.05, 0) is 68.9 Å². The lowest BCUT2D eigenvalue weighted by Gasteiger charge is -2.20. The number of rotatable bonds is 7. The third-order valence-corrected chi connectivity index (χ3v) is 6.42. The molecule has 0 radical (unpaired) electrons. The van der Waals surface area contributed by atoms with Gasteiger partial charge in [0.1, 0.15) is 29.1 Å². The smallest absolute Gasteiger partial charge is 0.226 e. The molecular weight excluding hydrogens is 382 g/mol. The van der Waals surface area contributed by atoms with Crippen molar-refractivity contribution in [1.29, 1.82) is 5.26 Å². The molecule has 3 heterocycles. The molecule has 0 spiro atoms. The number of benzene rings is 1. The highest BCUT2D eigenvalue weighted by Gasteiger charge is 2.21. The number of aryl methyl sites for hydroxylation is 1. The van der Waals surface area contributed by atoms with Crippen LogP contribution in [0.1, 0.15) is 41.7 Å². The van der Waals surface area contributed by atoms with Crippen molar-refractivity contribution < 1.29 is 9.15 Å². The molecule has 0 N–H and O–H groups in total. The normalized spacial score (nSPS) is 16.8. The van der Waals surface area contributed by atoms with Gasteiger partial charge in [0.05, 0.1) is 5.69 Å². The monoisotopic (exact) mass is 407 g/mol. The first-order valence-corrected chi connectivity index (χ1v) is 10.9. The summed E-state index contributed by atoms with van der Waals surface area (Å²) in [5, 5.41) is 11.0. The van der Waals surface area contributed by atoms with Crippen LogP contribution in [0, 0.1) is 18.3 Å². The van der Waals surface area contributed by atoms with Gasteiger partial charge in [0.2, 0.25) is 5.89 Å². The quantitative estimate of drug-likeness (QED) is 0.539. The Bertz CT molecular complexity index is 1000. The van der Waals surface area contributed by atoms with Crippen LogP contribution in [0.3, 0.4) is 0 Å². The number of nitriles is 1. The van der Waals surface area contributed by atoms with Gasteiger partial charge in [0, 0.05) is 30.1 Å². The third-order valence-electron chi connectivity index (χ3n) is 5.56. The van der Waals surface area contributed by atoms with Gasteiger partial charge in [-0.25, -0.2) is 4.98 Å². The number of hydrogen-bond acceptors (Lipinski definition) is 6. The predicted octanol–water partition coefficient (Wildman–Crippen LogP) is 5.19. The summed E-state index contributed by atoms with van der Waals surface area (Å²) in [4.78, 5) is 7.97. The number of nitrogens with zero attached hydrogens (tertiary/aromatic N) is 3. The number of oxazole rings is 1. The van der Waals surface area contributed by atoms with E-state index in [0.717, 1.165) is 41.3 Å². The van der Waals surface area contributed by atoms with Crippen LogP contribution < -0.4 is 4.74 Å². The molecule has 29 heavy (non-hydrogen) atoms. The van der Waals surface area contributed by atoms with Gasteiger partial charge >= 0.3 is 0 Å². The van der Waals surface area contributed by atoms with Crippen molar-refractivity contribution in [3.8, 4) is 23.3 Å². The minimum absolute atomic E-state index is 0.392.